The van der Waals surface area contributed by atoms with Crippen molar-refractivity contribution in [3.8, 4) is 11.3 Å². The molecule has 0 saturated heterocycles. The molecule has 1 N–H and O–H groups in total. The zero-order chi connectivity index (χ0) is 17.9. The van der Waals surface area contributed by atoms with Gasteiger partial charge in [-0.15, -0.1) is 11.3 Å². The minimum Gasteiger partial charge on any atom is -0.451 e. The monoisotopic (exact) mass is 365 g/mol. The fourth-order valence-corrected chi connectivity index (χ4v) is 3.01. The Kier molecular flexibility index (Phi) is 4.94. The number of hydrogen-bond acceptors (Lipinski definition) is 3. The molecule has 0 aliphatic carbocycles. The van der Waals surface area contributed by atoms with Crippen LogP contribution >= 0.6 is 11.3 Å². The third-order valence-electron chi connectivity index (χ3n) is 3.54. The number of rotatable bonds is 5. The number of carbonyl (C=O) groups is 1. The van der Waals surface area contributed by atoms with Crippen LogP contribution in [0.25, 0.3) is 11.3 Å². The van der Waals surface area contributed by atoms with Crippen LogP contribution in [0.5, 0.6) is 0 Å². The van der Waals surface area contributed by atoms with Crippen molar-refractivity contribution in [2.75, 3.05) is 6.54 Å². The summed E-state index contributed by atoms with van der Waals surface area (Å²) in [6.07, 6.45) is -3.71. The van der Waals surface area contributed by atoms with E-state index in [2.05, 4.69) is 5.32 Å². The van der Waals surface area contributed by atoms with E-state index in [1.165, 1.54) is 24.3 Å². The Hall–Kier alpha value is -2.54. The lowest BCUT2D eigenvalue weighted by molar-refractivity contribution is -0.137. The Morgan fingerprint density at radius 3 is 2.68 bits per heavy atom. The van der Waals surface area contributed by atoms with Crippen molar-refractivity contribution >= 4 is 17.2 Å². The maximum atomic E-state index is 12.8. The minimum atomic E-state index is -4.43. The van der Waals surface area contributed by atoms with Gasteiger partial charge in [-0.2, -0.15) is 13.2 Å². The SMILES string of the molecule is O=C(NCCc1cccs1)c1ccc(-c2cccc(C(F)(F)F)c2)o1. The van der Waals surface area contributed by atoms with Crippen molar-refractivity contribution in [3.05, 3.63) is 70.1 Å². The third kappa shape index (κ3) is 4.30. The average molecular weight is 365 g/mol. The molecule has 0 unspecified atom stereocenters. The Morgan fingerprint density at radius 2 is 1.96 bits per heavy atom. The molecule has 7 heteroatoms. The topological polar surface area (TPSA) is 42.2 Å². The zero-order valence-corrected chi connectivity index (χ0v) is 13.8. The molecule has 25 heavy (non-hydrogen) atoms. The van der Waals surface area contributed by atoms with Crippen molar-refractivity contribution in [1.29, 1.82) is 0 Å². The van der Waals surface area contributed by atoms with Crippen molar-refractivity contribution in [2.45, 2.75) is 12.6 Å². The maximum Gasteiger partial charge on any atom is 0.416 e. The van der Waals surface area contributed by atoms with Gasteiger partial charge in [0, 0.05) is 17.0 Å². The predicted octanol–water partition coefficient (Wildman–Crippen LogP) is 5.00. The molecular formula is C18H14F3NO2S. The smallest absolute Gasteiger partial charge is 0.416 e. The highest BCUT2D eigenvalue weighted by Gasteiger charge is 2.30. The van der Waals surface area contributed by atoms with Crippen molar-refractivity contribution in [2.24, 2.45) is 0 Å². The third-order valence-corrected chi connectivity index (χ3v) is 4.48. The van der Waals surface area contributed by atoms with Gasteiger partial charge in [0.1, 0.15) is 5.76 Å². The Morgan fingerprint density at radius 1 is 1.12 bits per heavy atom. The molecule has 0 aliphatic heterocycles. The number of thiophene rings is 1. The summed E-state index contributed by atoms with van der Waals surface area (Å²) in [4.78, 5) is 13.2. The zero-order valence-electron chi connectivity index (χ0n) is 13.0. The van der Waals surface area contributed by atoms with Gasteiger partial charge in [0.25, 0.3) is 5.91 Å². The highest BCUT2D eigenvalue weighted by molar-refractivity contribution is 7.09. The molecule has 2 aromatic heterocycles. The van der Waals surface area contributed by atoms with E-state index in [1.54, 1.807) is 11.3 Å². The van der Waals surface area contributed by atoms with Crippen molar-refractivity contribution in [3.63, 3.8) is 0 Å². The van der Waals surface area contributed by atoms with E-state index in [-0.39, 0.29) is 17.1 Å². The summed E-state index contributed by atoms with van der Waals surface area (Å²) in [5.41, 5.74) is -0.490. The second kappa shape index (κ2) is 7.14. The maximum absolute atomic E-state index is 12.8. The van der Waals surface area contributed by atoms with E-state index in [4.69, 9.17) is 4.42 Å². The molecule has 2 heterocycles. The van der Waals surface area contributed by atoms with Gasteiger partial charge in [-0.1, -0.05) is 18.2 Å². The molecule has 3 rings (SSSR count). The van der Waals surface area contributed by atoms with Gasteiger partial charge >= 0.3 is 6.18 Å². The quantitative estimate of drug-likeness (QED) is 0.691. The van der Waals surface area contributed by atoms with Gasteiger partial charge in [-0.05, 0) is 42.1 Å². The number of benzene rings is 1. The number of furan rings is 1. The molecular weight excluding hydrogens is 351 g/mol. The summed E-state index contributed by atoms with van der Waals surface area (Å²) in [6.45, 7) is 0.457. The number of amides is 1. The van der Waals surface area contributed by atoms with Gasteiger partial charge < -0.3 is 9.73 Å². The van der Waals surface area contributed by atoms with E-state index in [1.807, 2.05) is 17.5 Å². The van der Waals surface area contributed by atoms with Crippen LogP contribution in [-0.4, -0.2) is 12.5 Å². The van der Waals surface area contributed by atoms with Gasteiger partial charge in [0.05, 0.1) is 5.56 Å². The summed E-state index contributed by atoms with van der Waals surface area (Å²) >= 11 is 1.61. The van der Waals surface area contributed by atoms with Crippen molar-refractivity contribution in [1.82, 2.24) is 5.32 Å². The number of hydrogen-bond donors (Lipinski definition) is 1. The highest BCUT2D eigenvalue weighted by atomic mass is 32.1. The summed E-state index contributed by atoms with van der Waals surface area (Å²) in [5.74, 6) is -0.108. The van der Waals surface area contributed by atoms with Crippen LogP contribution in [0.2, 0.25) is 0 Å². The van der Waals surface area contributed by atoms with E-state index >= 15 is 0 Å². The molecule has 0 atom stereocenters. The molecule has 0 aliphatic rings. The lowest BCUT2D eigenvalue weighted by Gasteiger charge is -2.07. The van der Waals surface area contributed by atoms with E-state index < -0.39 is 17.6 Å². The minimum absolute atomic E-state index is 0.0681. The second-order valence-corrected chi connectivity index (χ2v) is 6.36. The van der Waals surface area contributed by atoms with E-state index in [0.29, 0.717) is 13.0 Å². The van der Waals surface area contributed by atoms with Crippen LogP contribution < -0.4 is 5.32 Å². The number of nitrogens with one attached hydrogen (secondary N) is 1. The Bertz CT molecular complexity index is 853. The molecule has 130 valence electrons. The molecule has 1 amide bonds. The molecule has 3 aromatic rings. The predicted molar refractivity (Wildman–Crippen MR) is 89.5 cm³/mol. The first-order chi connectivity index (χ1) is 11.9. The van der Waals surface area contributed by atoms with Crippen molar-refractivity contribution < 1.29 is 22.4 Å². The van der Waals surface area contributed by atoms with Gasteiger partial charge in [0.15, 0.2) is 5.76 Å². The summed E-state index contributed by atoms with van der Waals surface area (Å²) in [7, 11) is 0. The molecule has 0 fully saturated rings. The first-order valence-corrected chi connectivity index (χ1v) is 8.39. The second-order valence-electron chi connectivity index (χ2n) is 5.33. The standard InChI is InChI=1S/C18H14F3NO2S/c19-18(20,21)13-4-1-3-12(11-13)15-6-7-16(24-15)17(23)22-9-8-14-5-2-10-25-14/h1-7,10-11H,8-9H2,(H,22,23). The summed E-state index contributed by atoms with van der Waals surface area (Å²) < 4.78 is 43.7. The normalized spacial score (nSPS) is 11.5. The molecule has 0 saturated carbocycles. The lowest BCUT2D eigenvalue weighted by Crippen LogP contribution is -2.25. The molecule has 1 aromatic carbocycles. The fraction of sp³-hybridized carbons (Fsp3) is 0.167. The summed E-state index contributed by atoms with van der Waals surface area (Å²) in [5, 5.41) is 4.69. The van der Waals surface area contributed by atoms with Crippen LogP contribution in [0.1, 0.15) is 21.0 Å². The van der Waals surface area contributed by atoms with Crippen LogP contribution in [0, 0.1) is 0 Å². The first kappa shape index (κ1) is 17.3. The van der Waals surface area contributed by atoms with Gasteiger partial charge in [-0.25, -0.2) is 0 Å². The van der Waals surface area contributed by atoms with Gasteiger partial charge in [0.2, 0.25) is 0 Å². The highest BCUT2D eigenvalue weighted by Crippen LogP contribution is 2.32. The largest absolute Gasteiger partial charge is 0.451 e. The number of alkyl halides is 3. The molecule has 0 bridgehead atoms. The average Bonchev–Trinajstić information content (AvgIpc) is 3.26. The lowest BCUT2D eigenvalue weighted by atomic mass is 10.1. The molecule has 3 nitrogen and oxygen atoms in total. The van der Waals surface area contributed by atoms with Crippen LogP contribution in [0.4, 0.5) is 13.2 Å². The first-order valence-electron chi connectivity index (χ1n) is 7.51. The Balaban J connectivity index is 1.66. The molecule has 0 radical (unpaired) electrons. The van der Waals surface area contributed by atoms with E-state index in [9.17, 15) is 18.0 Å². The fourth-order valence-electron chi connectivity index (χ4n) is 2.31. The summed E-state index contributed by atoms with van der Waals surface area (Å²) in [6, 6.07) is 11.7. The Labute approximate surface area is 146 Å². The van der Waals surface area contributed by atoms with Crippen LogP contribution in [0.15, 0.2) is 58.3 Å². The van der Waals surface area contributed by atoms with Crippen LogP contribution in [0.3, 0.4) is 0 Å². The molecule has 0 spiro atoms. The number of carbonyl (C=O) groups excluding carboxylic acids is 1. The van der Waals surface area contributed by atoms with Gasteiger partial charge in [-0.3, -0.25) is 4.79 Å². The van der Waals surface area contributed by atoms with E-state index in [0.717, 1.165) is 17.0 Å². The number of halogens is 3. The van der Waals surface area contributed by atoms with Crippen LogP contribution in [-0.2, 0) is 12.6 Å².